The molecule has 3 aromatic heterocycles. The third-order valence-electron chi connectivity index (χ3n) is 3.77. The summed E-state index contributed by atoms with van der Waals surface area (Å²) in [5, 5.41) is 6.95. The maximum absolute atomic E-state index is 13.2. The molecule has 1 aromatic carbocycles. The van der Waals surface area contributed by atoms with Crippen LogP contribution in [0.15, 0.2) is 34.4 Å². The zero-order chi connectivity index (χ0) is 16.0. The molecule has 4 rings (SSSR count). The Morgan fingerprint density at radius 3 is 3.04 bits per heavy atom. The van der Waals surface area contributed by atoms with Crippen molar-refractivity contribution in [2.75, 3.05) is 11.9 Å². The molecule has 0 saturated carbocycles. The van der Waals surface area contributed by atoms with E-state index in [4.69, 9.17) is 4.52 Å². The Hall–Kier alpha value is -2.54. The summed E-state index contributed by atoms with van der Waals surface area (Å²) in [6.45, 7) is 2.55. The fourth-order valence-electron chi connectivity index (χ4n) is 2.61. The minimum absolute atomic E-state index is 0.333. The fourth-order valence-corrected chi connectivity index (χ4v) is 3.65. The molecule has 0 aliphatic carbocycles. The van der Waals surface area contributed by atoms with E-state index in [-0.39, 0.29) is 5.82 Å². The minimum atomic E-state index is -0.333. The Morgan fingerprint density at radius 2 is 2.17 bits per heavy atom. The average molecular weight is 328 g/mol. The van der Waals surface area contributed by atoms with E-state index in [0.717, 1.165) is 32.7 Å². The van der Waals surface area contributed by atoms with Gasteiger partial charge < -0.3 is 9.42 Å². The van der Waals surface area contributed by atoms with Crippen molar-refractivity contribution >= 4 is 38.3 Å². The molecular weight excluding hydrogens is 315 g/mol. The maximum Gasteiger partial charge on any atom is 0.170 e. The van der Waals surface area contributed by atoms with Crippen LogP contribution >= 0.6 is 11.3 Å². The molecule has 0 radical (unpaired) electrons. The highest BCUT2D eigenvalue weighted by atomic mass is 32.1. The fraction of sp³-hybridized carbons (Fsp3) is 0.188. The SMILES string of the molecule is Cc1csc2c(N(C)Cc3noc4cc(F)ccc34)ncnc12. The van der Waals surface area contributed by atoms with E-state index in [1.807, 2.05) is 18.9 Å². The van der Waals surface area contributed by atoms with E-state index in [2.05, 4.69) is 20.5 Å². The highest BCUT2D eigenvalue weighted by Gasteiger charge is 2.16. The number of hydrogen-bond donors (Lipinski definition) is 0. The first kappa shape index (κ1) is 14.1. The number of hydrogen-bond acceptors (Lipinski definition) is 6. The summed E-state index contributed by atoms with van der Waals surface area (Å²) >= 11 is 1.63. The van der Waals surface area contributed by atoms with Crippen molar-refractivity contribution in [2.45, 2.75) is 13.5 Å². The van der Waals surface area contributed by atoms with E-state index < -0.39 is 0 Å². The van der Waals surface area contributed by atoms with Crippen molar-refractivity contribution in [1.29, 1.82) is 0 Å². The molecule has 3 heterocycles. The van der Waals surface area contributed by atoms with Crippen LogP contribution in [-0.2, 0) is 6.54 Å². The van der Waals surface area contributed by atoms with E-state index in [9.17, 15) is 4.39 Å². The second kappa shape index (κ2) is 5.27. The molecule has 0 spiro atoms. The van der Waals surface area contributed by atoms with E-state index in [0.29, 0.717) is 12.1 Å². The number of aryl methyl sites for hydroxylation is 1. The highest BCUT2D eigenvalue weighted by Crippen LogP contribution is 2.31. The molecule has 0 atom stereocenters. The van der Waals surface area contributed by atoms with Gasteiger partial charge in [-0.1, -0.05) is 5.16 Å². The summed E-state index contributed by atoms with van der Waals surface area (Å²) < 4.78 is 19.5. The molecule has 0 fully saturated rings. The normalized spacial score (nSPS) is 11.4. The van der Waals surface area contributed by atoms with Crippen LogP contribution in [-0.4, -0.2) is 22.2 Å². The van der Waals surface area contributed by atoms with Crippen molar-refractivity contribution in [3.63, 3.8) is 0 Å². The predicted octanol–water partition coefficient (Wildman–Crippen LogP) is 3.92. The van der Waals surface area contributed by atoms with Gasteiger partial charge in [0.05, 0.1) is 16.8 Å². The van der Waals surface area contributed by atoms with E-state index in [1.165, 1.54) is 12.1 Å². The zero-order valence-electron chi connectivity index (χ0n) is 12.6. The molecule has 0 aliphatic rings. The predicted molar refractivity (Wildman–Crippen MR) is 88.2 cm³/mol. The number of rotatable bonds is 3. The van der Waals surface area contributed by atoms with Gasteiger partial charge in [0.25, 0.3) is 0 Å². The van der Waals surface area contributed by atoms with Crippen LogP contribution in [0.2, 0.25) is 0 Å². The molecular formula is C16H13FN4OS. The van der Waals surface area contributed by atoms with Gasteiger partial charge in [0.1, 0.15) is 23.7 Å². The number of fused-ring (bicyclic) bond motifs is 2. The van der Waals surface area contributed by atoms with E-state index in [1.54, 1.807) is 23.7 Å². The Bertz CT molecular complexity index is 1010. The van der Waals surface area contributed by atoms with Crippen LogP contribution in [0.3, 0.4) is 0 Å². The highest BCUT2D eigenvalue weighted by molar-refractivity contribution is 7.18. The van der Waals surface area contributed by atoms with Crippen molar-refractivity contribution in [2.24, 2.45) is 0 Å². The standard InChI is InChI=1S/C16H13FN4OS/c1-9-7-23-15-14(9)18-8-19-16(15)21(2)6-12-11-4-3-10(17)5-13(11)22-20-12/h3-5,7-8H,6H2,1-2H3. The lowest BCUT2D eigenvalue weighted by molar-refractivity contribution is 0.444. The van der Waals surface area contributed by atoms with Crippen molar-refractivity contribution < 1.29 is 8.91 Å². The molecule has 0 saturated heterocycles. The zero-order valence-corrected chi connectivity index (χ0v) is 13.4. The van der Waals surface area contributed by atoms with Gasteiger partial charge in [-0.25, -0.2) is 14.4 Å². The summed E-state index contributed by atoms with van der Waals surface area (Å²) in [6, 6.07) is 4.45. The second-order valence-electron chi connectivity index (χ2n) is 5.42. The third-order valence-corrected chi connectivity index (χ3v) is 4.85. The largest absolute Gasteiger partial charge is 0.356 e. The molecule has 0 unspecified atom stereocenters. The van der Waals surface area contributed by atoms with Gasteiger partial charge >= 0.3 is 0 Å². The van der Waals surface area contributed by atoms with Gasteiger partial charge in [0.2, 0.25) is 0 Å². The topological polar surface area (TPSA) is 55.1 Å². The second-order valence-corrected chi connectivity index (χ2v) is 6.30. The Labute approximate surface area is 135 Å². The quantitative estimate of drug-likeness (QED) is 0.570. The van der Waals surface area contributed by atoms with Crippen molar-refractivity contribution in [1.82, 2.24) is 15.1 Å². The molecule has 116 valence electrons. The molecule has 23 heavy (non-hydrogen) atoms. The monoisotopic (exact) mass is 328 g/mol. The van der Waals surface area contributed by atoms with Gasteiger partial charge in [0, 0.05) is 18.5 Å². The molecule has 0 amide bonds. The van der Waals surface area contributed by atoms with Gasteiger partial charge in [-0.05, 0) is 30.0 Å². The van der Waals surface area contributed by atoms with Gasteiger partial charge in [-0.3, -0.25) is 0 Å². The van der Waals surface area contributed by atoms with E-state index >= 15 is 0 Å². The molecule has 7 heteroatoms. The molecule has 0 aliphatic heterocycles. The first-order valence-electron chi connectivity index (χ1n) is 7.07. The molecule has 0 bridgehead atoms. The molecule has 4 aromatic rings. The van der Waals surface area contributed by atoms with Crippen molar-refractivity contribution in [3.05, 3.63) is 47.0 Å². The average Bonchev–Trinajstić information content (AvgIpc) is 3.11. The maximum atomic E-state index is 13.2. The lowest BCUT2D eigenvalue weighted by atomic mass is 10.2. The summed E-state index contributed by atoms with van der Waals surface area (Å²) in [7, 11) is 1.95. The molecule has 5 nitrogen and oxygen atoms in total. The van der Waals surface area contributed by atoms with Gasteiger partial charge in [-0.15, -0.1) is 11.3 Å². The van der Waals surface area contributed by atoms with Crippen LogP contribution in [0, 0.1) is 12.7 Å². The van der Waals surface area contributed by atoms with Gasteiger partial charge in [0.15, 0.2) is 5.58 Å². The van der Waals surface area contributed by atoms with Crippen LogP contribution in [0.25, 0.3) is 21.2 Å². The number of aromatic nitrogens is 3. The first-order chi connectivity index (χ1) is 11.1. The summed E-state index contributed by atoms with van der Waals surface area (Å²) in [6.07, 6.45) is 1.57. The van der Waals surface area contributed by atoms with Crippen molar-refractivity contribution in [3.8, 4) is 0 Å². The summed E-state index contributed by atoms with van der Waals surface area (Å²) in [5.74, 6) is 0.520. The van der Waals surface area contributed by atoms with Crippen LogP contribution in [0.1, 0.15) is 11.3 Å². The van der Waals surface area contributed by atoms with Crippen LogP contribution in [0.5, 0.6) is 0 Å². The summed E-state index contributed by atoms with van der Waals surface area (Å²) in [5.41, 5.74) is 3.32. The number of thiophene rings is 1. The lowest BCUT2D eigenvalue weighted by Gasteiger charge is -2.17. The number of nitrogens with zero attached hydrogens (tertiary/aromatic N) is 4. The molecule has 0 N–H and O–H groups in total. The smallest absolute Gasteiger partial charge is 0.170 e. The van der Waals surface area contributed by atoms with Gasteiger partial charge in [-0.2, -0.15) is 0 Å². The number of halogens is 1. The summed E-state index contributed by atoms with van der Waals surface area (Å²) in [4.78, 5) is 10.7. The Balaban J connectivity index is 1.72. The Morgan fingerprint density at radius 1 is 1.30 bits per heavy atom. The third kappa shape index (κ3) is 2.33. The van der Waals surface area contributed by atoms with Crippen LogP contribution < -0.4 is 4.90 Å². The lowest BCUT2D eigenvalue weighted by Crippen LogP contribution is -2.18. The number of anilines is 1. The minimum Gasteiger partial charge on any atom is -0.356 e. The Kier molecular flexibility index (Phi) is 3.23. The first-order valence-corrected chi connectivity index (χ1v) is 7.95. The van der Waals surface area contributed by atoms with Crippen LogP contribution in [0.4, 0.5) is 10.2 Å². The number of benzene rings is 1.